The van der Waals surface area contributed by atoms with Crippen LogP contribution in [0.5, 0.6) is 0 Å². The molecule has 0 radical (unpaired) electrons. The van der Waals surface area contributed by atoms with E-state index in [0.717, 1.165) is 35.9 Å². The fourth-order valence-electron chi connectivity index (χ4n) is 3.79. The van der Waals surface area contributed by atoms with Crippen LogP contribution in [0.4, 0.5) is 0 Å². The van der Waals surface area contributed by atoms with Gasteiger partial charge in [0.15, 0.2) is 0 Å². The zero-order valence-corrected chi connectivity index (χ0v) is 16.2. The van der Waals surface area contributed by atoms with E-state index in [2.05, 4.69) is 4.90 Å². The van der Waals surface area contributed by atoms with Crippen LogP contribution in [-0.4, -0.2) is 48.6 Å². The summed E-state index contributed by atoms with van der Waals surface area (Å²) in [7, 11) is 1.39. The van der Waals surface area contributed by atoms with E-state index in [4.69, 9.17) is 14.5 Å². The number of methoxy groups -OCH3 is 1. The van der Waals surface area contributed by atoms with Crippen molar-refractivity contribution in [1.29, 1.82) is 0 Å². The maximum absolute atomic E-state index is 12.4. The molecule has 0 saturated carbocycles. The summed E-state index contributed by atoms with van der Waals surface area (Å²) in [6.45, 7) is 6.14. The van der Waals surface area contributed by atoms with Gasteiger partial charge in [0.05, 0.1) is 36.4 Å². The molecule has 144 valence electrons. The number of para-hydroxylation sites is 1. The Kier molecular flexibility index (Phi) is 6.06. The third-order valence-electron chi connectivity index (χ3n) is 5.12. The third-order valence-corrected chi connectivity index (χ3v) is 5.12. The molecule has 0 aliphatic carbocycles. The summed E-state index contributed by atoms with van der Waals surface area (Å²) in [5.41, 5.74) is 2.95. The molecule has 1 saturated heterocycles. The first kappa shape index (κ1) is 19.3. The molecule has 0 amide bonds. The molecule has 2 aromatic rings. The van der Waals surface area contributed by atoms with Gasteiger partial charge in [0.25, 0.3) is 0 Å². The Labute approximate surface area is 159 Å². The number of hydrogen-bond acceptors (Lipinski definition) is 6. The van der Waals surface area contributed by atoms with Gasteiger partial charge in [0.2, 0.25) is 0 Å². The zero-order chi connectivity index (χ0) is 19.4. The maximum Gasteiger partial charge on any atom is 0.340 e. The fraction of sp³-hybridized carbons (Fsp3) is 0.476. The number of carbonyl (C=O) groups excluding carboxylic acids is 2. The van der Waals surface area contributed by atoms with Crippen LogP contribution < -0.4 is 0 Å². The topological polar surface area (TPSA) is 68.7 Å². The Bertz CT molecular complexity index is 849. The Balaban J connectivity index is 1.91. The highest BCUT2D eigenvalue weighted by Gasteiger charge is 2.28. The Morgan fingerprint density at radius 1 is 1.30 bits per heavy atom. The van der Waals surface area contributed by atoms with Gasteiger partial charge >= 0.3 is 11.9 Å². The van der Waals surface area contributed by atoms with Gasteiger partial charge in [-0.05, 0) is 44.9 Å². The number of piperidine rings is 1. The highest BCUT2D eigenvalue weighted by Crippen LogP contribution is 2.26. The largest absolute Gasteiger partial charge is 0.466 e. The molecule has 0 spiro atoms. The highest BCUT2D eigenvalue weighted by atomic mass is 16.5. The first-order chi connectivity index (χ1) is 13.0. The number of ether oxygens (including phenoxy) is 2. The number of pyridine rings is 1. The van der Waals surface area contributed by atoms with Crippen LogP contribution in [0.25, 0.3) is 10.9 Å². The normalized spacial score (nSPS) is 17.7. The molecular weight excluding hydrogens is 344 g/mol. The minimum Gasteiger partial charge on any atom is -0.466 e. The number of rotatable bonds is 5. The monoisotopic (exact) mass is 370 g/mol. The second-order valence-electron chi connectivity index (χ2n) is 6.89. The second kappa shape index (κ2) is 8.48. The van der Waals surface area contributed by atoms with E-state index in [1.54, 1.807) is 0 Å². The summed E-state index contributed by atoms with van der Waals surface area (Å²) >= 11 is 0. The van der Waals surface area contributed by atoms with Crippen molar-refractivity contribution in [3.63, 3.8) is 0 Å². The van der Waals surface area contributed by atoms with Crippen molar-refractivity contribution in [1.82, 2.24) is 9.88 Å². The van der Waals surface area contributed by atoms with Gasteiger partial charge in [-0.3, -0.25) is 14.7 Å². The van der Waals surface area contributed by atoms with Crippen molar-refractivity contribution < 1.29 is 19.1 Å². The summed E-state index contributed by atoms with van der Waals surface area (Å²) < 4.78 is 10.2. The summed E-state index contributed by atoms with van der Waals surface area (Å²) in [4.78, 5) is 31.5. The van der Waals surface area contributed by atoms with E-state index in [-0.39, 0.29) is 17.9 Å². The van der Waals surface area contributed by atoms with Crippen molar-refractivity contribution in [2.45, 2.75) is 33.2 Å². The van der Waals surface area contributed by atoms with Gasteiger partial charge in [-0.25, -0.2) is 4.79 Å². The number of benzene rings is 1. The Hall–Kier alpha value is -2.47. The quantitative estimate of drug-likeness (QED) is 0.754. The molecule has 1 aliphatic heterocycles. The fourth-order valence-corrected chi connectivity index (χ4v) is 3.79. The molecule has 6 heteroatoms. The average molecular weight is 370 g/mol. The summed E-state index contributed by atoms with van der Waals surface area (Å²) in [6.07, 6.45) is 1.76. The van der Waals surface area contributed by atoms with Crippen molar-refractivity contribution in [3.8, 4) is 0 Å². The van der Waals surface area contributed by atoms with E-state index in [9.17, 15) is 9.59 Å². The van der Waals surface area contributed by atoms with Gasteiger partial charge in [0.1, 0.15) is 0 Å². The molecule has 1 aromatic heterocycles. The van der Waals surface area contributed by atoms with Gasteiger partial charge in [-0.2, -0.15) is 0 Å². The van der Waals surface area contributed by atoms with E-state index >= 15 is 0 Å². The molecular formula is C21H26N2O4. The summed E-state index contributed by atoms with van der Waals surface area (Å²) in [5, 5.41) is 0.949. The number of fused-ring (bicyclic) bond motifs is 1. The number of aromatic nitrogens is 1. The minimum absolute atomic E-state index is 0.123. The van der Waals surface area contributed by atoms with E-state index in [1.807, 2.05) is 38.1 Å². The Morgan fingerprint density at radius 3 is 2.81 bits per heavy atom. The molecule has 2 heterocycles. The smallest absolute Gasteiger partial charge is 0.340 e. The molecule has 1 aliphatic rings. The van der Waals surface area contributed by atoms with Crippen LogP contribution in [0.15, 0.2) is 24.3 Å². The van der Waals surface area contributed by atoms with Crippen molar-refractivity contribution in [2.75, 3.05) is 26.8 Å². The maximum atomic E-state index is 12.4. The number of aryl methyl sites for hydroxylation is 1. The first-order valence-electron chi connectivity index (χ1n) is 9.40. The molecule has 3 rings (SSSR count). The van der Waals surface area contributed by atoms with Gasteiger partial charge < -0.3 is 9.47 Å². The first-order valence-corrected chi connectivity index (χ1v) is 9.40. The molecule has 1 fully saturated rings. The van der Waals surface area contributed by atoms with Crippen molar-refractivity contribution >= 4 is 22.8 Å². The molecule has 27 heavy (non-hydrogen) atoms. The predicted molar refractivity (Wildman–Crippen MR) is 102 cm³/mol. The predicted octanol–water partition coefficient (Wildman–Crippen LogP) is 3.10. The molecule has 0 N–H and O–H groups in total. The van der Waals surface area contributed by atoms with Crippen molar-refractivity contribution in [3.05, 3.63) is 41.1 Å². The van der Waals surface area contributed by atoms with Crippen molar-refractivity contribution in [2.24, 2.45) is 5.92 Å². The van der Waals surface area contributed by atoms with Crippen LogP contribution in [0.1, 0.15) is 41.4 Å². The number of likely N-dealkylation sites (tertiary alicyclic amines) is 1. The molecule has 1 atom stereocenters. The standard InChI is InChI=1S/C21H26N2O4/c1-4-27-20(24)15-8-7-11-23(12-15)13-18-19(21(25)26-3)14(2)16-9-5-6-10-17(16)22-18/h5-6,9-10,15H,4,7-8,11-13H2,1-3H3/t15-/m0/s1. The highest BCUT2D eigenvalue weighted by molar-refractivity contribution is 5.98. The zero-order valence-electron chi connectivity index (χ0n) is 16.2. The van der Waals surface area contributed by atoms with Gasteiger partial charge in [-0.1, -0.05) is 18.2 Å². The second-order valence-corrected chi connectivity index (χ2v) is 6.89. The minimum atomic E-state index is -0.375. The summed E-state index contributed by atoms with van der Waals surface area (Å²) in [5.74, 6) is -0.639. The van der Waals surface area contributed by atoms with E-state index in [1.165, 1.54) is 7.11 Å². The van der Waals surface area contributed by atoms with Crippen LogP contribution >= 0.6 is 0 Å². The SMILES string of the molecule is CCOC(=O)[C@H]1CCCN(Cc2nc3ccccc3c(C)c2C(=O)OC)C1. The third kappa shape index (κ3) is 4.11. The lowest BCUT2D eigenvalue weighted by molar-refractivity contribution is -0.150. The number of hydrogen-bond donors (Lipinski definition) is 0. The van der Waals surface area contributed by atoms with Crippen LogP contribution in [0, 0.1) is 12.8 Å². The molecule has 0 unspecified atom stereocenters. The Morgan fingerprint density at radius 2 is 2.07 bits per heavy atom. The van der Waals surface area contributed by atoms with Crippen LogP contribution in [-0.2, 0) is 20.8 Å². The summed E-state index contributed by atoms with van der Waals surface area (Å²) in [6, 6.07) is 7.79. The number of carbonyl (C=O) groups is 2. The lowest BCUT2D eigenvalue weighted by Gasteiger charge is -2.31. The van der Waals surface area contributed by atoms with Crippen LogP contribution in [0.3, 0.4) is 0 Å². The van der Waals surface area contributed by atoms with E-state index < -0.39 is 0 Å². The number of esters is 2. The van der Waals surface area contributed by atoms with Gasteiger partial charge in [0, 0.05) is 18.5 Å². The van der Waals surface area contributed by atoms with Gasteiger partial charge in [-0.15, -0.1) is 0 Å². The lowest BCUT2D eigenvalue weighted by atomic mass is 9.97. The molecule has 6 nitrogen and oxygen atoms in total. The van der Waals surface area contributed by atoms with E-state index in [0.29, 0.717) is 31.0 Å². The lowest BCUT2D eigenvalue weighted by Crippen LogP contribution is -2.39. The van der Waals surface area contributed by atoms with Crippen LogP contribution in [0.2, 0.25) is 0 Å². The molecule has 0 bridgehead atoms. The molecule has 1 aromatic carbocycles. The number of nitrogens with zero attached hydrogens (tertiary/aromatic N) is 2. The average Bonchev–Trinajstić information content (AvgIpc) is 2.68.